The number of thioether (sulfide) groups is 1. The van der Waals surface area contributed by atoms with E-state index in [2.05, 4.69) is 10.2 Å². The highest BCUT2D eigenvalue weighted by atomic mass is 35.5. The van der Waals surface area contributed by atoms with Crippen LogP contribution in [0.15, 0.2) is 56.8 Å². The zero-order chi connectivity index (χ0) is 21.3. The van der Waals surface area contributed by atoms with E-state index in [4.69, 9.17) is 20.8 Å². The lowest BCUT2D eigenvalue weighted by Crippen LogP contribution is -2.04. The maximum absolute atomic E-state index is 12.1. The monoisotopic (exact) mass is 441 g/mol. The van der Waals surface area contributed by atoms with E-state index in [1.165, 1.54) is 11.8 Å². The Morgan fingerprint density at radius 3 is 2.67 bits per heavy atom. The van der Waals surface area contributed by atoms with E-state index in [1.807, 2.05) is 49.7 Å². The Kier molecular flexibility index (Phi) is 5.83. The zero-order valence-corrected chi connectivity index (χ0v) is 18.4. The Balaban J connectivity index is 1.50. The van der Waals surface area contributed by atoms with Gasteiger partial charge in [-0.15, -0.1) is 10.2 Å². The smallest absolute Gasteiger partial charge is 0.336 e. The zero-order valence-electron chi connectivity index (χ0n) is 16.8. The Morgan fingerprint density at radius 1 is 1.13 bits per heavy atom. The van der Waals surface area contributed by atoms with Gasteiger partial charge < -0.3 is 13.7 Å². The lowest BCUT2D eigenvalue weighted by atomic mass is 10.0. The topological polar surface area (TPSA) is 70.2 Å². The molecular formula is C22H20ClN3O3S. The van der Waals surface area contributed by atoms with Crippen LogP contribution >= 0.6 is 23.4 Å². The molecule has 0 aliphatic carbocycles. The lowest BCUT2D eigenvalue weighted by Gasteiger charge is -2.09. The van der Waals surface area contributed by atoms with Crippen molar-refractivity contribution in [2.45, 2.75) is 31.4 Å². The summed E-state index contributed by atoms with van der Waals surface area (Å²) in [6, 6.07) is 12.8. The van der Waals surface area contributed by atoms with Crippen LogP contribution in [0.4, 0.5) is 0 Å². The van der Waals surface area contributed by atoms with Crippen LogP contribution in [-0.2, 0) is 19.4 Å². The number of aromatic nitrogens is 3. The molecule has 2 aromatic carbocycles. The standard InChI is InChI=1S/C22H20ClN3O3S/c1-13-4-9-18-15(10-20(27)29-21(18)14(13)2)12-30-22-25-24-19(26(22)3)11-28-17-7-5-16(23)6-8-17/h4-10H,11-12H2,1-3H3. The van der Waals surface area contributed by atoms with Gasteiger partial charge in [0, 0.05) is 29.3 Å². The van der Waals surface area contributed by atoms with Gasteiger partial charge in [-0.3, -0.25) is 0 Å². The largest absolute Gasteiger partial charge is 0.486 e. The average Bonchev–Trinajstić information content (AvgIpc) is 3.08. The molecular weight excluding hydrogens is 422 g/mol. The van der Waals surface area contributed by atoms with E-state index in [-0.39, 0.29) is 5.63 Å². The summed E-state index contributed by atoms with van der Waals surface area (Å²) in [5.41, 5.74) is 3.29. The van der Waals surface area contributed by atoms with Gasteiger partial charge in [-0.1, -0.05) is 35.5 Å². The van der Waals surface area contributed by atoms with Gasteiger partial charge in [0.05, 0.1) is 0 Å². The molecule has 0 unspecified atom stereocenters. The first-order valence-electron chi connectivity index (χ1n) is 9.35. The third kappa shape index (κ3) is 4.22. The van der Waals surface area contributed by atoms with E-state index >= 15 is 0 Å². The minimum Gasteiger partial charge on any atom is -0.486 e. The molecule has 0 radical (unpaired) electrons. The predicted molar refractivity (Wildman–Crippen MR) is 118 cm³/mol. The Labute approximate surface area is 182 Å². The minimum atomic E-state index is -0.346. The summed E-state index contributed by atoms with van der Waals surface area (Å²) in [7, 11) is 1.90. The molecule has 6 nitrogen and oxygen atoms in total. The number of hydrogen-bond donors (Lipinski definition) is 0. The van der Waals surface area contributed by atoms with E-state index in [0.29, 0.717) is 34.5 Å². The Morgan fingerprint density at radius 2 is 1.90 bits per heavy atom. The number of aryl methyl sites for hydroxylation is 2. The third-order valence-corrected chi connectivity index (χ3v) is 6.30. The molecule has 0 fully saturated rings. The fourth-order valence-electron chi connectivity index (χ4n) is 3.06. The summed E-state index contributed by atoms with van der Waals surface area (Å²) >= 11 is 7.41. The van der Waals surface area contributed by atoms with Gasteiger partial charge in [-0.05, 0) is 54.8 Å². The molecule has 0 atom stereocenters. The van der Waals surface area contributed by atoms with Crippen LogP contribution < -0.4 is 10.4 Å². The number of nitrogens with zero attached hydrogens (tertiary/aromatic N) is 3. The number of benzene rings is 2. The van der Waals surface area contributed by atoms with Crippen LogP contribution in [0.25, 0.3) is 11.0 Å². The Bertz CT molecular complexity index is 1270. The van der Waals surface area contributed by atoms with Crippen LogP contribution in [0.5, 0.6) is 5.75 Å². The SMILES string of the molecule is Cc1ccc2c(CSc3nnc(COc4ccc(Cl)cc4)n3C)cc(=O)oc2c1C. The molecule has 154 valence electrons. The van der Waals surface area contributed by atoms with Gasteiger partial charge in [0.1, 0.15) is 17.9 Å². The number of ether oxygens (including phenoxy) is 1. The highest BCUT2D eigenvalue weighted by Gasteiger charge is 2.13. The van der Waals surface area contributed by atoms with Gasteiger partial charge in [0.2, 0.25) is 0 Å². The van der Waals surface area contributed by atoms with E-state index < -0.39 is 0 Å². The maximum Gasteiger partial charge on any atom is 0.336 e. The van der Waals surface area contributed by atoms with Gasteiger partial charge in [0.15, 0.2) is 11.0 Å². The highest BCUT2D eigenvalue weighted by Crippen LogP contribution is 2.28. The first-order chi connectivity index (χ1) is 14.4. The predicted octanol–water partition coefficient (Wildman–Crippen LogP) is 5.06. The molecule has 0 saturated carbocycles. The molecule has 4 aromatic rings. The molecule has 0 aliphatic heterocycles. The summed E-state index contributed by atoms with van der Waals surface area (Å²) in [5.74, 6) is 2.00. The maximum atomic E-state index is 12.1. The van der Waals surface area contributed by atoms with E-state index in [0.717, 1.165) is 27.2 Å². The summed E-state index contributed by atoms with van der Waals surface area (Å²) in [6.45, 7) is 4.26. The third-order valence-electron chi connectivity index (χ3n) is 4.98. The average molecular weight is 442 g/mol. The molecule has 8 heteroatoms. The van der Waals surface area contributed by atoms with Crippen molar-refractivity contribution < 1.29 is 9.15 Å². The quantitative estimate of drug-likeness (QED) is 0.307. The van der Waals surface area contributed by atoms with Gasteiger partial charge in [-0.2, -0.15) is 0 Å². The number of halogens is 1. The van der Waals surface area contributed by atoms with Crippen molar-refractivity contribution in [3.05, 3.63) is 80.4 Å². The second-order valence-corrected chi connectivity index (χ2v) is 8.34. The first-order valence-corrected chi connectivity index (χ1v) is 10.7. The minimum absolute atomic E-state index is 0.294. The number of rotatable bonds is 6. The van der Waals surface area contributed by atoms with Crippen molar-refractivity contribution in [1.82, 2.24) is 14.8 Å². The van der Waals surface area contributed by atoms with Crippen molar-refractivity contribution in [3.8, 4) is 5.75 Å². The van der Waals surface area contributed by atoms with Crippen molar-refractivity contribution >= 4 is 34.3 Å². The molecule has 0 N–H and O–H groups in total. The second-order valence-electron chi connectivity index (χ2n) is 6.96. The molecule has 0 aliphatic rings. The molecule has 0 amide bonds. The van der Waals surface area contributed by atoms with E-state index in [1.54, 1.807) is 18.2 Å². The van der Waals surface area contributed by atoms with Gasteiger partial charge in [-0.25, -0.2) is 4.79 Å². The van der Waals surface area contributed by atoms with Crippen molar-refractivity contribution in [2.24, 2.45) is 7.05 Å². The van der Waals surface area contributed by atoms with Crippen LogP contribution in [0.3, 0.4) is 0 Å². The fraction of sp³-hybridized carbons (Fsp3) is 0.227. The van der Waals surface area contributed by atoms with Crippen LogP contribution in [0, 0.1) is 13.8 Å². The molecule has 0 spiro atoms. The van der Waals surface area contributed by atoms with Gasteiger partial charge in [0.25, 0.3) is 0 Å². The fourth-order valence-corrected chi connectivity index (χ4v) is 4.11. The number of hydrogen-bond acceptors (Lipinski definition) is 6. The Hall–Kier alpha value is -2.77. The molecule has 4 rings (SSSR count). The highest BCUT2D eigenvalue weighted by molar-refractivity contribution is 7.98. The van der Waals surface area contributed by atoms with E-state index in [9.17, 15) is 4.79 Å². The van der Waals surface area contributed by atoms with Crippen LogP contribution in [-0.4, -0.2) is 14.8 Å². The molecule has 0 saturated heterocycles. The summed E-state index contributed by atoms with van der Waals surface area (Å²) in [6.07, 6.45) is 0. The van der Waals surface area contributed by atoms with Crippen molar-refractivity contribution in [1.29, 1.82) is 0 Å². The van der Waals surface area contributed by atoms with Gasteiger partial charge >= 0.3 is 5.63 Å². The first kappa shape index (κ1) is 20.5. The summed E-state index contributed by atoms with van der Waals surface area (Å²) < 4.78 is 13.1. The van der Waals surface area contributed by atoms with Crippen molar-refractivity contribution in [2.75, 3.05) is 0 Å². The molecule has 2 heterocycles. The van der Waals surface area contributed by atoms with Crippen LogP contribution in [0.2, 0.25) is 5.02 Å². The molecule has 30 heavy (non-hydrogen) atoms. The van der Waals surface area contributed by atoms with Crippen molar-refractivity contribution in [3.63, 3.8) is 0 Å². The summed E-state index contributed by atoms with van der Waals surface area (Å²) in [4.78, 5) is 12.1. The molecule has 2 aromatic heterocycles. The number of fused-ring (bicyclic) bond motifs is 1. The van der Waals surface area contributed by atoms with Crippen LogP contribution in [0.1, 0.15) is 22.5 Å². The second kappa shape index (κ2) is 8.53. The normalized spacial score (nSPS) is 11.2. The lowest BCUT2D eigenvalue weighted by molar-refractivity contribution is 0.290. The summed E-state index contributed by atoms with van der Waals surface area (Å²) in [5, 5.41) is 10.8. The molecule has 0 bridgehead atoms.